The van der Waals surface area contributed by atoms with Crippen LogP contribution in [0.2, 0.25) is 0 Å². The van der Waals surface area contributed by atoms with Crippen LogP contribution in [0.15, 0.2) is 64.5 Å². The average Bonchev–Trinajstić information content (AvgIpc) is 3.46. The van der Waals surface area contributed by atoms with E-state index < -0.39 is 17.8 Å². The fourth-order valence-electron chi connectivity index (χ4n) is 5.11. The summed E-state index contributed by atoms with van der Waals surface area (Å²) in [5.74, 6) is 0.121. The van der Waals surface area contributed by atoms with E-state index in [0.29, 0.717) is 29.9 Å². The Morgan fingerprint density at radius 3 is 2.12 bits per heavy atom. The van der Waals surface area contributed by atoms with E-state index in [9.17, 15) is 18.0 Å². The number of aromatic amines is 1. The summed E-state index contributed by atoms with van der Waals surface area (Å²) in [6.45, 7) is 19.4. The number of rotatable bonds is 11. The molecule has 4 aromatic rings. The minimum atomic E-state index is -4.36. The number of benzene rings is 2. The van der Waals surface area contributed by atoms with E-state index in [-0.39, 0.29) is 34.6 Å². The van der Waals surface area contributed by atoms with Crippen molar-refractivity contribution < 1.29 is 17.9 Å². The van der Waals surface area contributed by atoms with Gasteiger partial charge in [0.15, 0.2) is 5.96 Å². The lowest BCUT2D eigenvalue weighted by Crippen LogP contribution is -2.24. The highest BCUT2D eigenvalue weighted by Gasteiger charge is 2.33. The number of fused-ring (bicyclic) bond motifs is 1. The molecule has 2 aromatic heterocycles. The molecule has 0 bridgehead atoms. The summed E-state index contributed by atoms with van der Waals surface area (Å²) in [6, 6.07) is 14.2. The largest absolute Gasteiger partial charge is 0.416 e. The summed E-state index contributed by atoms with van der Waals surface area (Å²) in [6.07, 6.45) is -2.10. The van der Waals surface area contributed by atoms with Gasteiger partial charge in [-0.25, -0.2) is 4.79 Å². The lowest BCUT2D eigenvalue weighted by Gasteiger charge is -2.24. The Morgan fingerprint density at radius 2 is 1.57 bits per heavy atom. The molecule has 2 heterocycles. The summed E-state index contributed by atoms with van der Waals surface area (Å²) < 4.78 is 46.3. The number of aliphatic imine (C=N–C) groups is 1. The summed E-state index contributed by atoms with van der Waals surface area (Å²) in [5.41, 5.74) is 19.7. The first-order chi connectivity index (χ1) is 23.6. The molecule has 0 saturated carbocycles. The van der Waals surface area contributed by atoms with Crippen LogP contribution in [-0.2, 0) is 21.7 Å². The number of aromatic nitrogens is 3. The number of ether oxygens (including phenoxy) is 1. The van der Waals surface area contributed by atoms with Gasteiger partial charge in [0.1, 0.15) is 5.65 Å². The molecule has 2 aromatic carbocycles. The Labute approximate surface area is 299 Å². The summed E-state index contributed by atoms with van der Waals surface area (Å²) in [7, 11) is 0. The van der Waals surface area contributed by atoms with Crippen molar-refractivity contribution >= 4 is 17.0 Å². The van der Waals surface area contributed by atoms with E-state index in [2.05, 4.69) is 54.0 Å². The molecule has 280 valence electrons. The molecule has 0 saturated heterocycles. The number of alkyl halides is 3. The van der Waals surface area contributed by atoms with Crippen molar-refractivity contribution in [1.82, 2.24) is 19.9 Å². The van der Waals surface area contributed by atoms with Gasteiger partial charge in [-0.1, -0.05) is 59.7 Å². The van der Waals surface area contributed by atoms with Crippen LogP contribution < -0.4 is 28.2 Å². The van der Waals surface area contributed by atoms with Gasteiger partial charge in [0.2, 0.25) is 0 Å². The third-order valence-electron chi connectivity index (χ3n) is 8.29. The number of guanidine groups is 1. The number of halogens is 3. The van der Waals surface area contributed by atoms with E-state index in [1.165, 1.54) is 6.07 Å². The van der Waals surface area contributed by atoms with Crippen LogP contribution >= 0.6 is 0 Å². The Kier molecular flexibility index (Phi) is 13.6. The first kappa shape index (κ1) is 41.2. The molecule has 8 N–H and O–H groups in total. The first-order valence-corrected chi connectivity index (χ1v) is 17.2. The van der Waals surface area contributed by atoms with Gasteiger partial charge >= 0.3 is 11.9 Å². The van der Waals surface area contributed by atoms with E-state index in [0.717, 1.165) is 41.4 Å². The predicted octanol–water partition coefficient (Wildman–Crippen LogP) is 6.75. The van der Waals surface area contributed by atoms with Gasteiger partial charge in [-0.2, -0.15) is 18.2 Å². The van der Waals surface area contributed by atoms with E-state index >= 15 is 0 Å². The number of nitrogens with two attached hydrogens (primary N) is 3. The third-order valence-corrected chi connectivity index (χ3v) is 8.29. The molecule has 3 atom stereocenters. The van der Waals surface area contributed by atoms with Crippen LogP contribution in [0, 0.1) is 0 Å². The summed E-state index contributed by atoms with van der Waals surface area (Å²) in [4.78, 5) is 24.0. The normalized spacial score (nSPS) is 14.1. The minimum absolute atomic E-state index is 0.0390. The van der Waals surface area contributed by atoms with E-state index in [1.54, 1.807) is 24.5 Å². The fraction of sp³-hybridized carbons (Fsp3) is 0.500. The standard InChI is InChI=1S/C22H31N7O.C16H24F3NO/c1-14(25-10-5-11-26-20(23)24)15-6-8-17(9-7-15)29-13-16-12-18(22(2,3)4)27-19(16)28-21(29)30;1-10(20)9-21-11(2)12-6-13(15(3,4)5)8-14(7-12)16(17,18)19/h6-9,12-14,25H,5,10-11H2,1-4H3,(H4,23,24,26)(H,27,28,30);6-8,10-11H,9,20H2,1-5H3/t14-;/m0./s1. The number of hydrogen-bond donors (Lipinski definition) is 5. The molecule has 4 rings (SSSR count). The van der Waals surface area contributed by atoms with Crippen LogP contribution in [0.3, 0.4) is 0 Å². The van der Waals surface area contributed by atoms with Crippen molar-refractivity contribution in [3.63, 3.8) is 0 Å². The van der Waals surface area contributed by atoms with Gasteiger partial charge < -0.3 is 32.2 Å². The zero-order valence-electron chi connectivity index (χ0n) is 31.3. The van der Waals surface area contributed by atoms with Gasteiger partial charge in [-0.05, 0) is 86.2 Å². The highest BCUT2D eigenvalue weighted by molar-refractivity contribution is 5.76. The zero-order valence-corrected chi connectivity index (χ0v) is 31.3. The molecule has 0 radical (unpaired) electrons. The van der Waals surface area contributed by atoms with Gasteiger partial charge in [0.25, 0.3) is 0 Å². The third kappa shape index (κ3) is 12.2. The lowest BCUT2D eigenvalue weighted by molar-refractivity contribution is -0.137. The lowest BCUT2D eigenvalue weighted by atomic mass is 9.84. The zero-order chi connectivity index (χ0) is 38.3. The van der Waals surface area contributed by atoms with Gasteiger partial charge in [0, 0.05) is 41.3 Å². The van der Waals surface area contributed by atoms with Crippen molar-refractivity contribution in [3.8, 4) is 5.69 Å². The molecule has 10 nitrogen and oxygen atoms in total. The Balaban J connectivity index is 0.000000295. The molecule has 0 fully saturated rings. The maximum atomic E-state index is 13.1. The van der Waals surface area contributed by atoms with Crippen LogP contribution in [0.5, 0.6) is 0 Å². The van der Waals surface area contributed by atoms with Crippen LogP contribution in [0.25, 0.3) is 16.7 Å². The minimum Gasteiger partial charge on any atom is -0.372 e. The van der Waals surface area contributed by atoms with Crippen molar-refractivity contribution in [2.45, 2.75) is 104 Å². The Morgan fingerprint density at radius 1 is 0.941 bits per heavy atom. The maximum absolute atomic E-state index is 13.1. The molecule has 0 aliphatic heterocycles. The number of nitrogens with one attached hydrogen (secondary N) is 2. The Hall–Kier alpha value is -4.20. The van der Waals surface area contributed by atoms with Crippen LogP contribution in [0.4, 0.5) is 13.2 Å². The van der Waals surface area contributed by atoms with Crippen LogP contribution in [0.1, 0.15) is 109 Å². The second-order valence-electron chi connectivity index (χ2n) is 15.1. The van der Waals surface area contributed by atoms with Crippen LogP contribution in [-0.4, -0.2) is 46.2 Å². The summed E-state index contributed by atoms with van der Waals surface area (Å²) >= 11 is 0. The molecule has 0 amide bonds. The highest BCUT2D eigenvalue weighted by Crippen LogP contribution is 2.36. The smallest absolute Gasteiger partial charge is 0.372 e. The van der Waals surface area contributed by atoms with Crippen molar-refractivity contribution in [3.05, 3.63) is 93.2 Å². The predicted molar refractivity (Wildman–Crippen MR) is 200 cm³/mol. The number of hydrogen-bond acceptors (Lipinski definition) is 6. The monoisotopic (exact) mass is 712 g/mol. The molecule has 0 spiro atoms. The van der Waals surface area contributed by atoms with Crippen molar-refractivity contribution in [2.24, 2.45) is 22.2 Å². The fourth-order valence-corrected chi connectivity index (χ4v) is 5.11. The van der Waals surface area contributed by atoms with Crippen molar-refractivity contribution in [2.75, 3.05) is 19.7 Å². The second-order valence-corrected chi connectivity index (χ2v) is 15.1. The molecule has 0 aliphatic carbocycles. The average molecular weight is 713 g/mol. The first-order valence-electron chi connectivity index (χ1n) is 17.2. The van der Waals surface area contributed by atoms with Gasteiger partial charge in [-0.3, -0.25) is 9.56 Å². The SMILES string of the molecule is CC(N)COC(C)c1cc(C(C)(C)C)cc(C(F)(F)F)c1.C[C@H](NCCCN=C(N)N)c1ccc(-n2cc3cc(C(C)(C)C)[nH]c3nc2=O)cc1. The molecule has 13 heteroatoms. The molecular formula is C38H55F3N8O2. The number of H-pyrrole nitrogens is 1. The number of nitrogens with zero attached hydrogens (tertiary/aromatic N) is 3. The second kappa shape index (κ2) is 16.9. The van der Waals surface area contributed by atoms with Crippen molar-refractivity contribution in [1.29, 1.82) is 0 Å². The molecule has 51 heavy (non-hydrogen) atoms. The molecular weight excluding hydrogens is 657 g/mol. The van der Waals surface area contributed by atoms with Gasteiger partial charge in [0.05, 0.1) is 24.0 Å². The van der Waals surface area contributed by atoms with E-state index in [1.807, 2.05) is 51.2 Å². The summed E-state index contributed by atoms with van der Waals surface area (Å²) in [5, 5.41) is 4.36. The highest BCUT2D eigenvalue weighted by atomic mass is 19.4. The van der Waals surface area contributed by atoms with Gasteiger partial charge in [-0.15, -0.1) is 0 Å². The Bertz CT molecular complexity index is 1780. The topological polar surface area (TPSA) is 162 Å². The molecule has 0 aliphatic rings. The quantitative estimate of drug-likeness (QED) is 0.0653. The van der Waals surface area contributed by atoms with E-state index in [4.69, 9.17) is 21.9 Å². The maximum Gasteiger partial charge on any atom is 0.416 e. The molecule has 2 unspecified atom stereocenters.